The van der Waals surface area contributed by atoms with E-state index >= 15 is 4.39 Å². The van der Waals surface area contributed by atoms with E-state index in [0.717, 1.165) is 6.42 Å². The minimum absolute atomic E-state index is 0.0230. The molecule has 0 saturated heterocycles. The molecule has 216 valence electrons. The number of hydrogen-bond donors (Lipinski definition) is 2. The van der Waals surface area contributed by atoms with Gasteiger partial charge in [-0.1, -0.05) is 73.0 Å². The molecular weight excluding hydrogens is 584 g/mol. The normalized spacial score (nSPS) is 12.7. The molecule has 0 aromatic heterocycles. The second-order valence-corrected chi connectivity index (χ2v) is 11.5. The first kappa shape index (κ1) is 32.4. The largest absolute Gasteiger partial charge is 0.487 e. The first-order chi connectivity index (χ1) is 18.1. The molecule has 0 spiro atoms. The van der Waals surface area contributed by atoms with Gasteiger partial charge in [-0.2, -0.15) is 13.2 Å². The lowest BCUT2D eigenvalue weighted by Crippen LogP contribution is -2.40. The number of benzene rings is 2. The molecule has 39 heavy (non-hydrogen) atoms. The van der Waals surface area contributed by atoms with Crippen LogP contribution in [0.2, 0.25) is 0 Å². The summed E-state index contributed by atoms with van der Waals surface area (Å²) >= 11 is 3.30. The van der Waals surface area contributed by atoms with Crippen LogP contribution in [0.5, 0.6) is 5.75 Å². The average molecular weight is 619 g/mol. The number of carbonyl (C=O) groups excluding carboxylic acids is 2. The lowest BCUT2D eigenvalue weighted by molar-refractivity contribution is -0.167. The highest BCUT2D eigenvalue weighted by atomic mass is 79.9. The van der Waals surface area contributed by atoms with E-state index in [0.29, 0.717) is 24.3 Å². The molecule has 2 N–H and O–H groups in total. The minimum atomic E-state index is -5.24. The lowest BCUT2D eigenvalue weighted by atomic mass is 9.97. The Bertz CT molecular complexity index is 1120. The molecule has 0 unspecified atom stereocenters. The van der Waals surface area contributed by atoms with Crippen LogP contribution in [0.1, 0.15) is 65.0 Å². The van der Waals surface area contributed by atoms with Gasteiger partial charge in [0.2, 0.25) is 0 Å². The Balaban J connectivity index is 2.42. The Kier molecular flexibility index (Phi) is 11.6. The van der Waals surface area contributed by atoms with Crippen molar-refractivity contribution >= 4 is 33.6 Å². The van der Waals surface area contributed by atoms with E-state index in [1.165, 1.54) is 6.07 Å². The maximum atomic E-state index is 15.9. The molecule has 0 aliphatic rings. The van der Waals surface area contributed by atoms with Crippen LogP contribution in [0, 0.1) is 11.7 Å². The fraction of sp³-hybridized carbons (Fsp3) is 0.500. The summed E-state index contributed by atoms with van der Waals surface area (Å²) < 4.78 is 66.3. The summed E-state index contributed by atoms with van der Waals surface area (Å²) in [6.45, 7) is 9.16. The van der Waals surface area contributed by atoms with Crippen molar-refractivity contribution in [1.29, 1.82) is 0 Å². The van der Waals surface area contributed by atoms with Gasteiger partial charge in [0.25, 0.3) is 0 Å². The van der Waals surface area contributed by atoms with Crippen LogP contribution in [0.25, 0.3) is 0 Å². The highest BCUT2D eigenvalue weighted by Gasteiger charge is 2.40. The zero-order valence-corrected chi connectivity index (χ0v) is 24.3. The Morgan fingerprint density at radius 1 is 1.05 bits per heavy atom. The number of nitrogens with one attached hydrogen (secondary N) is 2. The SMILES string of the molecule is CC(C)CCC[C@@H](Cc1c(Br)cc(OCc2ccccc2)c(NC(=O)C(F)(F)F)c1F)NC(=O)OC(C)(C)C. The maximum absolute atomic E-state index is 15.9. The van der Waals surface area contributed by atoms with Crippen LogP contribution in [-0.2, 0) is 22.6 Å². The highest BCUT2D eigenvalue weighted by molar-refractivity contribution is 9.10. The van der Waals surface area contributed by atoms with Crippen molar-refractivity contribution in [2.45, 2.75) is 84.7 Å². The van der Waals surface area contributed by atoms with Gasteiger partial charge in [0, 0.05) is 16.1 Å². The summed E-state index contributed by atoms with van der Waals surface area (Å²) in [5.41, 5.74) is -0.821. The molecule has 0 aliphatic carbocycles. The van der Waals surface area contributed by atoms with Crippen LogP contribution in [0.4, 0.5) is 28.0 Å². The molecule has 0 aliphatic heterocycles. The third-order valence-electron chi connectivity index (χ3n) is 5.52. The summed E-state index contributed by atoms with van der Waals surface area (Å²) in [7, 11) is 0. The van der Waals surface area contributed by atoms with E-state index in [2.05, 4.69) is 35.1 Å². The highest BCUT2D eigenvalue weighted by Crippen LogP contribution is 2.38. The van der Waals surface area contributed by atoms with Gasteiger partial charge >= 0.3 is 18.2 Å². The van der Waals surface area contributed by atoms with Gasteiger partial charge in [0.15, 0.2) is 5.82 Å². The minimum Gasteiger partial charge on any atom is -0.487 e. The Hall–Kier alpha value is -2.82. The predicted molar refractivity (Wildman–Crippen MR) is 145 cm³/mol. The second kappa shape index (κ2) is 14.0. The van der Waals surface area contributed by atoms with Crippen molar-refractivity contribution < 1.29 is 36.6 Å². The number of hydrogen-bond acceptors (Lipinski definition) is 4. The van der Waals surface area contributed by atoms with Gasteiger partial charge in [-0.25, -0.2) is 9.18 Å². The molecule has 6 nitrogen and oxygen atoms in total. The van der Waals surface area contributed by atoms with Crippen LogP contribution in [0.15, 0.2) is 40.9 Å². The van der Waals surface area contributed by atoms with Gasteiger partial charge in [-0.3, -0.25) is 4.79 Å². The predicted octanol–water partition coefficient (Wildman–Crippen LogP) is 7.93. The van der Waals surface area contributed by atoms with Crippen molar-refractivity contribution in [2.75, 3.05) is 5.32 Å². The fourth-order valence-corrected chi connectivity index (χ4v) is 4.24. The lowest BCUT2D eigenvalue weighted by Gasteiger charge is -2.25. The number of halogens is 5. The average Bonchev–Trinajstić information content (AvgIpc) is 2.80. The van der Waals surface area contributed by atoms with E-state index in [-0.39, 0.29) is 28.8 Å². The number of ether oxygens (including phenoxy) is 2. The smallest absolute Gasteiger partial charge is 0.471 e. The van der Waals surface area contributed by atoms with Crippen LogP contribution in [0.3, 0.4) is 0 Å². The van der Waals surface area contributed by atoms with E-state index in [1.807, 2.05) is 0 Å². The molecule has 0 saturated carbocycles. The third-order valence-corrected chi connectivity index (χ3v) is 6.22. The quantitative estimate of drug-likeness (QED) is 0.251. The van der Waals surface area contributed by atoms with Crippen LogP contribution < -0.4 is 15.4 Å². The van der Waals surface area contributed by atoms with Crippen molar-refractivity contribution in [3.05, 3.63) is 57.8 Å². The van der Waals surface area contributed by atoms with E-state index in [9.17, 15) is 22.8 Å². The van der Waals surface area contributed by atoms with Crippen molar-refractivity contribution in [1.82, 2.24) is 5.32 Å². The summed E-state index contributed by atoms with van der Waals surface area (Å²) in [5, 5.41) is 4.38. The number of rotatable bonds is 11. The fourth-order valence-electron chi connectivity index (χ4n) is 3.69. The van der Waals surface area contributed by atoms with Crippen molar-refractivity contribution in [3.63, 3.8) is 0 Å². The number of alkyl halides is 3. The summed E-state index contributed by atoms with van der Waals surface area (Å²) in [6, 6.07) is 9.48. The monoisotopic (exact) mass is 618 g/mol. The summed E-state index contributed by atoms with van der Waals surface area (Å²) in [4.78, 5) is 24.3. The first-order valence-corrected chi connectivity index (χ1v) is 13.4. The molecule has 1 atom stereocenters. The zero-order chi connectivity index (χ0) is 29.4. The van der Waals surface area contributed by atoms with Gasteiger partial charge in [-0.05, 0) is 51.2 Å². The Morgan fingerprint density at radius 3 is 2.26 bits per heavy atom. The second-order valence-electron chi connectivity index (χ2n) is 10.6. The molecule has 2 aromatic carbocycles. The van der Waals surface area contributed by atoms with Gasteiger partial charge in [-0.15, -0.1) is 0 Å². The van der Waals surface area contributed by atoms with Gasteiger partial charge in [0.1, 0.15) is 23.6 Å². The molecule has 0 heterocycles. The number of alkyl carbamates (subject to hydrolysis) is 1. The summed E-state index contributed by atoms with van der Waals surface area (Å²) in [6.07, 6.45) is -3.96. The number of anilines is 1. The van der Waals surface area contributed by atoms with Gasteiger partial charge < -0.3 is 20.1 Å². The molecule has 2 aromatic rings. The zero-order valence-electron chi connectivity index (χ0n) is 22.7. The molecule has 0 fully saturated rings. The molecule has 0 bridgehead atoms. The summed E-state index contributed by atoms with van der Waals surface area (Å²) in [5.74, 6) is -3.30. The number of amides is 2. The number of carbonyl (C=O) groups is 2. The van der Waals surface area contributed by atoms with Crippen LogP contribution >= 0.6 is 15.9 Å². The molecule has 11 heteroatoms. The van der Waals surface area contributed by atoms with Crippen molar-refractivity contribution in [2.24, 2.45) is 5.92 Å². The van der Waals surface area contributed by atoms with E-state index in [4.69, 9.17) is 9.47 Å². The molecule has 2 amide bonds. The topological polar surface area (TPSA) is 76.7 Å². The molecular formula is C28H35BrF4N2O4. The molecule has 2 rings (SSSR count). The van der Waals surface area contributed by atoms with Gasteiger partial charge in [0.05, 0.1) is 0 Å². The van der Waals surface area contributed by atoms with E-state index in [1.54, 1.807) is 56.4 Å². The third kappa shape index (κ3) is 11.1. The molecule has 0 radical (unpaired) electrons. The van der Waals surface area contributed by atoms with E-state index < -0.39 is 41.3 Å². The van der Waals surface area contributed by atoms with Crippen LogP contribution in [-0.4, -0.2) is 29.8 Å². The first-order valence-electron chi connectivity index (χ1n) is 12.6. The Morgan fingerprint density at radius 2 is 1.69 bits per heavy atom. The Labute approximate surface area is 235 Å². The van der Waals surface area contributed by atoms with Crippen molar-refractivity contribution in [3.8, 4) is 5.75 Å². The standard InChI is InChI=1S/C28H35BrF4N2O4/c1-17(2)10-9-13-19(34-26(37)39-27(3,4)5)14-20-21(29)15-22(38-16-18-11-7-6-8-12-18)24(23(20)30)35-25(36)28(31,32)33/h6-8,11-12,15,17,19H,9-10,13-14,16H2,1-5H3,(H,34,37)(H,35,36)/t19-/m0/s1. The maximum Gasteiger partial charge on any atom is 0.471 e.